The first-order chi connectivity index (χ1) is 12.5. The highest BCUT2D eigenvalue weighted by Gasteiger charge is 2.16. The third-order valence-electron chi connectivity index (χ3n) is 3.45. The van der Waals surface area contributed by atoms with Crippen molar-refractivity contribution >= 4 is 17.3 Å². The third-order valence-corrected chi connectivity index (χ3v) is 3.45. The summed E-state index contributed by atoms with van der Waals surface area (Å²) >= 11 is 0. The predicted molar refractivity (Wildman–Crippen MR) is 96.4 cm³/mol. The van der Waals surface area contributed by atoms with E-state index in [1.165, 1.54) is 25.3 Å². The summed E-state index contributed by atoms with van der Waals surface area (Å²) in [5.74, 6) is 0.861. The smallest absolute Gasteiger partial charge is 0.271 e. The van der Waals surface area contributed by atoms with Gasteiger partial charge in [-0.05, 0) is 38.1 Å². The Morgan fingerprint density at radius 2 is 1.69 bits per heavy atom. The summed E-state index contributed by atoms with van der Waals surface area (Å²) in [6, 6.07) is 8.78. The van der Waals surface area contributed by atoms with Gasteiger partial charge in [0.05, 0.1) is 30.9 Å². The first-order valence-corrected chi connectivity index (χ1v) is 8.03. The summed E-state index contributed by atoms with van der Waals surface area (Å²) in [7, 11) is 1.42. The van der Waals surface area contributed by atoms with Crippen molar-refractivity contribution in [3.63, 3.8) is 0 Å². The van der Waals surface area contributed by atoms with Gasteiger partial charge in [-0.3, -0.25) is 14.9 Å². The normalized spacial score (nSPS) is 10.1. The fraction of sp³-hybridized carbons (Fsp3) is 0.278. The zero-order chi connectivity index (χ0) is 19.1. The number of methoxy groups -OCH3 is 1. The minimum absolute atomic E-state index is 0.150. The number of nitro benzene ring substituents is 1. The standard InChI is InChI=1S/C18H20N2O6/c1-4-25-16-8-6-12(10-17(16)26-5-2)18(21)19-14-11-13(20(22)23)7-9-15(14)24-3/h6-11H,4-5H2,1-3H3,(H,19,21). The van der Waals surface area contributed by atoms with Crippen LogP contribution in [0.5, 0.6) is 17.2 Å². The zero-order valence-corrected chi connectivity index (χ0v) is 14.8. The number of hydrogen-bond donors (Lipinski definition) is 1. The fourth-order valence-corrected chi connectivity index (χ4v) is 2.29. The van der Waals surface area contributed by atoms with Gasteiger partial charge in [0, 0.05) is 17.7 Å². The molecule has 0 radical (unpaired) electrons. The number of carbonyl (C=O) groups is 1. The van der Waals surface area contributed by atoms with E-state index in [4.69, 9.17) is 14.2 Å². The monoisotopic (exact) mass is 360 g/mol. The van der Waals surface area contributed by atoms with E-state index in [1.54, 1.807) is 18.2 Å². The largest absolute Gasteiger partial charge is 0.495 e. The lowest BCUT2D eigenvalue weighted by Crippen LogP contribution is -2.13. The Morgan fingerprint density at radius 3 is 2.31 bits per heavy atom. The lowest BCUT2D eigenvalue weighted by atomic mass is 10.1. The highest BCUT2D eigenvalue weighted by molar-refractivity contribution is 6.05. The Hall–Kier alpha value is -3.29. The minimum Gasteiger partial charge on any atom is -0.495 e. The first kappa shape index (κ1) is 19.0. The van der Waals surface area contributed by atoms with E-state index in [1.807, 2.05) is 13.8 Å². The van der Waals surface area contributed by atoms with E-state index in [9.17, 15) is 14.9 Å². The Morgan fingerprint density at radius 1 is 1.04 bits per heavy atom. The SMILES string of the molecule is CCOc1ccc(C(=O)Nc2cc([N+](=O)[O-])ccc2OC)cc1OCC. The number of ether oxygens (including phenoxy) is 3. The Bertz CT molecular complexity index is 806. The minimum atomic E-state index is -0.542. The Balaban J connectivity index is 2.31. The van der Waals surface area contributed by atoms with Gasteiger partial charge in [-0.2, -0.15) is 0 Å². The molecule has 8 nitrogen and oxygen atoms in total. The second-order valence-electron chi connectivity index (χ2n) is 5.12. The number of carbonyl (C=O) groups excluding carboxylic acids is 1. The van der Waals surface area contributed by atoms with Gasteiger partial charge < -0.3 is 19.5 Å². The van der Waals surface area contributed by atoms with Crippen molar-refractivity contribution in [2.24, 2.45) is 0 Å². The van der Waals surface area contributed by atoms with Gasteiger partial charge in [-0.1, -0.05) is 0 Å². The van der Waals surface area contributed by atoms with E-state index < -0.39 is 10.8 Å². The maximum Gasteiger partial charge on any atom is 0.271 e. The van der Waals surface area contributed by atoms with Crippen molar-refractivity contribution in [2.45, 2.75) is 13.8 Å². The molecule has 138 valence electrons. The molecule has 0 aliphatic carbocycles. The number of non-ortho nitro benzene ring substituents is 1. The molecule has 0 saturated carbocycles. The molecule has 2 aromatic rings. The van der Waals surface area contributed by atoms with Crippen molar-refractivity contribution in [1.29, 1.82) is 0 Å². The second kappa shape index (κ2) is 8.70. The van der Waals surface area contributed by atoms with E-state index in [-0.39, 0.29) is 11.4 Å². The number of nitro groups is 1. The molecule has 0 aliphatic rings. The van der Waals surface area contributed by atoms with Gasteiger partial charge in [0.1, 0.15) is 5.75 Å². The van der Waals surface area contributed by atoms with E-state index in [0.29, 0.717) is 36.0 Å². The molecule has 26 heavy (non-hydrogen) atoms. The van der Waals surface area contributed by atoms with E-state index in [2.05, 4.69) is 5.32 Å². The molecule has 2 rings (SSSR count). The quantitative estimate of drug-likeness (QED) is 0.570. The number of nitrogens with one attached hydrogen (secondary N) is 1. The summed E-state index contributed by atoms with van der Waals surface area (Å²) < 4.78 is 16.1. The van der Waals surface area contributed by atoms with Crippen molar-refractivity contribution in [3.8, 4) is 17.2 Å². The number of nitrogens with zero attached hydrogens (tertiary/aromatic N) is 1. The lowest BCUT2D eigenvalue weighted by Gasteiger charge is -2.13. The Labute approximate surface area is 150 Å². The van der Waals surface area contributed by atoms with Crippen LogP contribution in [0, 0.1) is 10.1 Å². The fourth-order valence-electron chi connectivity index (χ4n) is 2.29. The van der Waals surface area contributed by atoms with E-state index in [0.717, 1.165) is 0 Å². The van der Waals surface area contributed by atoms with Crippen LogP contribution in [0.15, 0.2) is 36.4 Å². The maximum absolute atomic E-state index is 12.6. The number of benzene rings is 2. The molecule has 0 fully saturated rings. The number of anilines is 1. The molecule has 0 saturated heterocycles. The predicted octanol–water partition coefficient (Wildman–Crippen LogP) is 3.65. The highest BCUT2D eigenvalue weighted by atomic mass is 16.6. The molecule has 2 aromatic carbocycles. The molecule has 0 bridgehead atoms. The van der Waals surface area contributed by atoms with Gasteiger partial charge in [0.2, 0.25) is 0 Å². The summed E-state index contributed by atoms with van der Waals surface area (Å²) in [6.45, 7) is 4.57. The topological polar surface area (TPSA) is 99.9 Å². The van der Waals surface area contributed by atoms with Crippen molar-refractivity contribution in [2.75, 3.05) is 25.6 Å². The molecule has 1 amide bonds. The summed E-state index contributed by atoms with van der Waals surface area (Å²) in [6.07, 6.45) is 0. The van der Waals surface area contributed by atoms with Crippen molar-refractivity contribution in [1.82, 2.24) is 0 Å². The lowest BCUT2D eigenvalue weighted by molar-refractivity contribution is -0.384. The maximum atomic E-state index is 12.6. The third kappa shape index (κ3) is 4.41. The van der Waals surface area contributed by atoms with Gasteiger partial charge in [0.25, 0.3) is 11.6 Å². The average molecular weight is 360 g/mol. The summed E-state index contributed by atoms with van der Waals surface area (Å²) in [5.41, 5.74) is 0.381. The van der Waals surface area contributed by atoms with Crippen LogP contribution >= 0.6 is 0 Å². The van der Waals surface area contributed by atoms with E-state index >= 15 is 0 Å². The molecule has 0 atom stereocenters. The molecule has 1 N–H and O–H groups in total. The molecule has 0 unspecified atom stereocenters. The van der Waals surface area contributed by atoms with Crippen LogP contribution in [-0.4, -0.2) is 31.2 Å². The number of hydrogen-bond acceptors (Lipinski definition) is 6. The van der Waals surface area contributed by atoms with Crippen LogP contribution in [0.3, 0.4) is 0 Å². The van der Waals surface area contributed by atoms with Crippen LogP contribution in [0.4, 0.5) is 11.4 Å². The zero-order valence-electron chi connectivity index (χ0n) is 14.8. The Kier molecular flexibility index (Phi) is 6.37. The molecule has 8 heteroatoms. The summed E-state index contributed by atoms with van der Waals surface area (Å²) in [4.78, 5) is 23.0. The van der Waals surface area contributed by atoms with Crippen molar-refractivity contribution < 1.29 is 23.9 Å². The first-order valence-electron chi connectivity index (χ1n) is 8.03. The summed E-state index contributed by atoms with van der Waals surface area (Å²) in [5, 5.41) is 13.6. The van der Waals surface area contributed by atoms with Crippen LogP contribution in [0.1, 0.15) is 24.2 Å². The second-order valence-corrected chi connectivity index (χ2v) is 5.12. The van der Waals surface area contributed by atoms with Crippen LogP contribution in [0.25, 0.3) is 0 Å². The van der Waals surface area contributed by atoms with Crippen molar-refractivity contribution in [3.05, 3.63) is 52.1 Å². The highest BCUT2D eigenvalue weighted by Crippen LogP contribution is 2.31. The molecule has 0 spiro atoms. The van der Waals surface area contributed by atoms with Gasteiger partial charge >= 0.3 is 0 Å². The average Bonchev–Trinajstić information content (AvgIpc) is 2.63. The van der Waals surface area contributed by atoms with Crippen LogP contribution in [-0.2, 0) is 0 Å². The van der Waals surface area contributed by atoms with Crippen LogP contribution in [0.2, 0.25) is 0 Å². The van der Waals surface area contributed by atoms with Gasteiger partial charge in [0.15, 0.2) is 11.5 Å². The number of amides is 1. The molecule has 0 aromatic heterocycles. The molecule has 0 aliphatic heterocycles. The number of rotatable bonds is 8. The van der Waals surface area contributed by atoms with Gasteiger partial charge in [-0.25, -0.2) is 0 Å². The van der Waals surface area contributed by atoms with Gasteiger partial charge in [-0.15, -0.1) is 0 Å². The molecular weight excluding hydrogens is 340 g/mol. The molecule has 0 heterocycles. The van der Waals surface area contributed by atoms with Crippen LogP contribution < -0.4 is 19.5 Å². The molecular formula is C18H20N2O6.